The minimum Gasteiger partial charge on any atom is -0.466 e. The predicted octanol–water partition coefficient (Wildman–Crippen LogP) is 4.87. The molecular formula is C18H15F3O2. The van der Waals surface area contributed by atoms with Crippen molar-refractivity contribution in [2.45, 2.75) is 13.1 Å². The number of benzene rings is 2. The Labute approximate surface area is 132 Å². The lowest BCUT2D eigenvalue weighted by Gasteiger charge is -2.11. The first-order valence-corrected chi connectivity index (χ1v) is 6.86. The van der Waals surface area contributed by atoms with Gasteiger partial charge in [0.1, 0.15) is 0 Å². The van der Waals surface area contributed by atoms with Crippen LogP contribution in [0, 0.1) is 6.92 Å². The van der Waals surface area contributed by atoms with Crippen LogP contribution in [0.5, 0.6) is 0 Å². The van der Waals surface area contributed by atoms with Crippen LogP contribution in [0.25, 0.3) is 17.2 Å². The van der Waals surface area contributed by atoms with Crippen LogP contribution in [-0.4, -0.2) is 13.1 Å². The van der Waals surface area contributed by atoms with E-state index in [1.807, 2.05) is 19.1 Å². The summed E-state index contributed by atoms with van der Waals surface area (Å²) in [5.74, 6) is -0.494. The number of hydrogen-bond donors (Lipinski definition) is 0. The molecule has 0 N–H and O–H groups in total. The molecule has 0 aliphatic rings. The van der Waals surface area contributed by atoms with Crippen molar-refractivity contribution in [1.82, 2.24) is 0 Å². The summed E-state index contributed by atoms with van der Waals surface area (Å²) in [5, 5.41) is 0. The zero-order valence-corrected chi connectivity index (χ0v) is 12.6. The Bertz CT molecular complexity index is 729. The third kappa shape index (κ3) is 4.00. The first-order valence-electron chi connectivity index (χ1n) is 6.86. The number of carbonyl (C=O) groups is 1. The molecule has 2 aromatic carbocycles. The maximum absolute atomic E-state index is 12.7. The highest BCUT2D eigenvalue weighted by atomic mass is 19.4. The lowest BCUT2D eigenvalue weighted by atomic mass is 9.95. The SMILES string of the molecule is COC(=O)/C=C/c1c(C)cccc1-c1ccc(C(F)(F)F)cc1. The molecule has 0 heterocycles. The highest BCUT2D eigenvalue weighted by molar-refractivity contribution is 5.89. The van der Waals surface area contributed by atoms with Crippen LogP contribution in [0.3, 0.4) is 0 Å². The molecule has 0 saturated heterocycles. The Morgan fingerprint density at radius 3 is 2.30 bits per heavy atom. The van der Waals surface area contributed by atoms with E-state index in [1.54, 1.807) is 12.1 Å². The molecule has 0 bridgehead atoms. The molecule has 0 unspecified atom stereocenters. The molecule has 0 saturated carbocycles. The van der Waals surface area contributed by atoms with E-state index in [0.717, 1.165) is 28.8 Å². The smallest absolute Gasteiger partial charge is 0.416 e. The van der Waals surface area contributed by atoms with Crippen molar-refractivity contribution < 1.29 is 22.7 Å². The summed E-state index contributed by atoms with van der Waals surface area (Å²) in [6.45, 7) is 1.87. The van der Waals surface area contributed by atoms with Crippen molar-refractivity contribution in [1.29, 1.82) is 0 Å². The van der Waals surface area contributed by atoms with Gasteiger partial charge in [0.25, 0.3) is 0 Å². The first-order chi connectivity index (χ1) is 10.8. The van der Waals surface area contributed by atoms with E-state index in [9.17, 15) is 18.0 Å². The van der Waals surface area contributed by atoms with Crippen molar-refractivity contribution in [3.8, 4) is 11.1 Å². The Morgan fingerprint density at radius 2 is 1.74 bits per heavy atom. The van der Waals surface area contributed by atoms with Gasteiger partial charge in [-0.15, -0.1) is 0 Å². The lowest BCUT2D eigenvalue weighted by Crippen LogP contribution is -2.04. The zero-order valence-electron chi connectivity index (χ0n) is 12.6. The van der Waals surface area contributed by atoms with Gasteiger partial charge >= 0.3 is 12.1 Å². The monoisotopic (exact) mass is 320 g/mol. The van der Waals surface area contributed by atoms with Gasteiger partial charge in [-0.1, -0.05) is 30.3 Å². The topological polar surface area (TPSA) is 26.3 Å². The molecule has 2 aromatic rings. The molecule has 23 heavy (non-hydrogen) atoms. The molecule has 2 nitrogen and oxygen atoms in total. The molecule has 0 spiro atoms. The van der Waals surface area contributed by atoms with Crippen molar-refractivity contribution >= 4 is 12.0 Å². The predicted molar refractivity (Wildman–Crippen MR) is 82.7 cm³/mol. The number of alkyl halides is 3. The number of rotatable bonds is 3. The van der Waals surface area contributed by atoms with Gasteiger partial charge in [-0.3, -0.25) is 0 Å². The molecule has 2 rings (SSSR count). The molecule has 0 atom stereocenters. The van der Waals surface area contributed by atoms with E-state index >= 15 is 0 Å². The molecule has 0 amide bonds. The quantitative estimate of drug-likeness (QED) is 0.596. The third-order valence-corrected chi connectivity index (χ3v) is 3.43. The van der Waals surface area contributed by atoms with E-state index in [2.05, 4.69) is 4.74 Å². The standard InChI is InChI=1S/C18H15F3O2/c1-12-4-3-5-16(15(12)10-11-17(22)23-2)13-6-8-14(9-7-13)18(19,20)21/h3-11H,1-2H3/b11-10+. The van der Waals surface area contributed by atoms with Crippen molar-refractivity contribution in [2.24, 2.45) is 0 Å². The molecule has 0 aliphatic heterocycles. The fourth-order valence-electron chi connectivity index (χ4n) is 2.21. The Balaban J connectivity index is 2.45. The lowest BCUT2D eigenvalue weighted by molar-refractivity contribution is -0.137. The maximum Gasteiger partial charge on any atom is 0.416 e. The van der Waals surface area contributed by atoms with Gasteiger partial charge in [0.05, 0.1) is 12.7 Å². The van der Waals surface area contributed by atoms with Gasteiger partial charge in [-0.2, -0.15) is 13.2 Å². The number of carbonyl (C=O) groups excluding carboxylic acids is 1. The minimum atomic E-state index is -4.36. The van der Waals surface area contributed by atoms with E-state index < -0.39 is 17.7 Å². The van der Waals surface area contributed by atoms with Crippen LogP contribution >= 0.6 is 0 Å². The summed E-state index contributed by atoms with van der Waals surface area (Å²) in [5.41, 5.74) is 2.37. The highest BCUT2D eigenvalue weighted by Crippen LogP contribution is 2.32. The number of aryl methyl sites for hydroxylation is 1. The molecule has 120 valence electrons. The number of hydrogen-bond acceptors (Lipinski definition) is 2. The fraction of sp³-hybridized carbons (Fsp3) is 0.167. The van der Waals surface area contributed by atoms with Crippen LogP contribution in [0.1, 0.15) is 16.7 Å². The van der Waals surface area contributed by atoms with Crippen molar-refractivity contribution in [3.05, 3.63) is 65.2 Å². The van der Waals surface area contributed by atoms with Crippen molar-refractivity contribution in [3.63, 3.8) is 0 Å². The second-order valence-electron chi connectivity index (χ2n) is 4.97. The number of ether oxygens (including phenoxy) is 1. The van der Waals surface area contributed by atoms with Crippen LogP contribution < -0.4 is 0 Å². The molecule has 0 aromatic heterocycles. The summed E-state index contributed by atoms with van der Waals surface area (Å²) < 4.78 is 42.5. The molecular weight excluding hydrogens is 305 g/mol. The Hall–Kier alpha value is -2.56. The average Bonchev–Trinajstić information content (AvgIpc) is 2.52. The summed E-state index contributed by atoms with van der Waals surface area (Å²) >= 11 is 0. The van der Waals surface area contributed by atoms with E-state index in [0.29, 0.717) is 5.56 Å². The summed E-state index contributed by atoms with van der Waals surface area (Å²) in [6, 6.07) is 10.4. The van der Waals surface area contributed by atoms with Crippen LogP contribution in [-0.2, 0) is 15.7 Å². The Morgan fingerprint density at radius 1 is 1.09 bits per heavy atom. The maximum atomic E-state index is 12.7. The average molecular weight is 320 g/mol. The molecule has 0 fully saturated rings. The van der Waals surface area contributed by atoms with E-state index in [-0.39, 0.29) is 0 Å². The number of methoxy groups -OCH3 is 1. The van der Waals surface area contributed by atoms with Gasteiger partial charge in [0.2, 0.25) is 0 Å². The van der Waals surface area contributed by atoms with Crippen LogP contribution in [0.4, 0.5) is 13.2 Å². The Kier molecular flexibility index (Phi) is 4.89. The minimum absolute atomic E-state index is 0.494. The van der Waals surface area contributed by atoms with Gasteiger partial charge < -0.3 is 4.74 Å². The first kappa shape index (κ1) is 16.8. The van der Waals surface area contributed by atoms with Crippen LogP contribution in [0.2, 0.25) is 0 Å². The van der Waals surface area contributed by atoms with Gasteiger partial charge in [-0.25, -0.2) is 4.79 Å². The van der Waals surface area contributed by atoms with E-state index in [4.69, 9.17) is 0 Å². The second-order valence-corrected chi connectivity index (χ2v) is 4.97. The third-order valence-electron chi connectivity index (χ3n) is 3.43. The van der Waals surface area contributed by atoms with Gasteiger partial charge in [0.15, 0.2) is 0 Å². The van der Waals surface area contributed by atoms with Crippen molar-refractivity contribution in [2.75, 3.05) is 7.11 Å². The fourth-order valence-corrected chi connectivity index (χ4v) is 2.21. The van der Waals surface area contributed by atoms with Gasteiger partial charge in [-0.05, 0) is 47.4 Å². The second kappa shape index (κ2) is 6.69. The summed E-state index contributed by atoms with van der Waals surface area (Å²) in [4.78, 5) is 11.3. The molecule has 5 heteroatoms. The molecule has 0 aliphatic carbocycles. The molecule has 0 radical (unpaired) electrons. The highest BCUT2D eigenvalue weighted by Gasteiger charge is 2.30. The summed E-state index contributed by atoms with van der Waals surface area (Å²) in [7, 11) is 1.28. The van der Waals surface area contributed by atoms with Crippen LogP contribution in [0.15, 0.2) is 48.5 Å². The van der Waals surface area contributed by atoms with E-state index in [1.165, 1.54) is 25.3 Å². The number of halogens is 3. The van der Waals surface area contributed by atoms with Gasteiger partial charge in [0, 0.05) is 6.08 Å². The number of esters is 1. The zero-order chi connectivity index (χ0) is 17.0. The summed E-state index contributed by atoms with van der Waals surface area (Å²) in [6.07, 6.45) is -1.47. The normalized spacial score (nSPS) is 11.7. The largest absolute Gasteiger partial charge is 0.466 e.